The Labute approximate surface area is 148 Å². The Bertz CT molecular complexity index is 1120. The van der Waals surface area contributed by atoms with E-state index >= 15 is 0 Å². The zero-order valence-corrected chi connectivity index (χ0v) is 13.5. The first-order valence-electron chi connectivity index (χ1n) is 7.94. The molecule has 2 nitrogen and oxygen atoms in total. The number of hydrogen-bond donors (Lipinski definition) is 0. The van der Waals surface area contributed by atoms with Crippen molar-refractivity contribution in [1.29, 1.82) is 0 Å². The van der Waals surface area contributed by atoms with Crippen LogP contribution in [0.2, 0.25) is 0 Å². The Kier molecular flexibility index (Phi) is 3.66. The Balaban J connectivity index is 2.09. The summed E-state index contributed by atoms with van der Waals surface area (Å²) in [4.78, 5) is 12.9. The van der Waals surface area contributed by atoms with E-state index in [1.165, 1.54) is 12.1 Å². The van der Waals surface area contributed by atoms with Crippen molar-refractivity contribution in [3.63, 3.8) is 0 Å². The molecule has 8 heteroatoms. The van der Waals surface area contributed by atoms with Crippen molar-refractivity contribution in [2.45, 2.75) is 25.2 Å². The lowest BCUT2D eigenvalue weighted by molar-refractivity contribution is -0.138. The standard InChI is InChI=1S/C19H10F6O2/c20-18(21,22)10-5-7-13-11(8-10)17(26)16-14(27-13)6-4-9-2-1-3-12(15(9)16)19(23,24)25/h1-3,5,7-8H,4,6H2. The number of alkyl halides is 6. The fourth-order valence-electron chi connectivity index (χ4n) is 3.43. The normalized spacial score (nSPS) is 14.1. The number of fused-ring (bicyclic) bond motifs is 4. The van der Waals surface area contributed by atoms with Crippen LogP contribution < -0.4 is 5.43 Å². The number of hydrogen-bond acceptors (Lipinski definition) is 2. The molecule has 0 atom stereocenters. The molecule has 0 fully saturated rings. The highest BCUT2D eigenvalue weighted by Gasteiger charge is 2.38. The maximum absolute atomic E-state index is 13.5. The first kappa shape index (κ1) is 17.6. The second kappa shape index (κ2) is 5.61. The minimum Gasteiger partial charge on any atom is -0.460 e. The first-order valence-corrected chi connectivity index (χ1v) is 7.94. The Morgan fingerprint density at radius 2 is 1.59 bits per heavy atom. The van der Waals surface area contributed by atoms with Crippen LogP contribution >= 0.6 is 0 Å². The average Bonchev–Trinajstić information content (AvgIpc) is 2.59. The van der Waals surface area contributed by atoms with E-state index in [4.69, 9.17) is 4.42 Å². The van der Waals surface area contributed by atoms with Gasteiger partial charge in [0, 0.05) is 12.0 Å². The minimum absolute atomic E-state index is 0.0523. The highest BCUT2D eigenvalue weighted by molar-refractivity contribution is 5.86. The molecule has 0 spiro atoms. The zero-order valence-electron chi connectivity index (χ0n) is 13.5. The molecule has 2 aromatic carbocycles. The largest absolute Gasteiger partial charge is 0.460 e. The van der Waals surface area contributed by atoms with Crippen molar-refractivity contribution in [2.24, 2.45) is 0 Å². The molecule has 0 unspecified atom stereocenters. The van der Waals surface area contributed by atoms with Gasteiger partial charge in [-0.05, 0) is 36.2 Å². The molecule has 1 aliphatic carbocycles. The van der Waals surface area contributed by atoms with E-state index in [0.717, 1.165) is 18.2 Å². The van der Waals surface area contributed by atoms with Gasteiger partial charge in [0.25, 0.3) is 0 Å². The average molecular weight is 384 g/mol. The predicted molar refractivity (Wildman–Crippen MR) is 85.3 cm³/mol. The van der Waals surface area contributed by atoms with Crippen molar-refractivity contribution in [3.05, 3.63) is 69.1 Å². The van der Waals surface area contributed by atoms with E-state index in [-0.39, 0.29) is 35.3 Å². The monoisotopic (exact) mass is 384 g/mol. The van der Waals surface area contributed by atoms with E-state index in [1.807, 2.05) is 0 Å². The van der Waals surface area contributed by atoms with Crippen LogP contribution in [0.4, 0.5) is 26.3 Å². The third kappa shape index (κ3) is 2.79. The van der Waals surface area contributed by atoms with E-state index < -0.39 is 34.3 Å². The van der Waals surface area contributed by atoms with Crippen LogP contribution in [0, 0.1) is 0 Å². The van der Waals surface area contributed by atoms with Gasteiger partial charge in [-0.3, -0.25) is 4.79 Å². The molecule has 1 aromatic heterocycles. The van der Waals surface area contributed by atoms with E-state index in [1.54, 1.807) is 0 Å². The van der Waals surface area contributed by atoms with Gasteiger partial charge in [-0.15, -0.1) is 0 Å². The van der Waals surface area contributed by atoms with Crippen LogP contribution in [0.5, 0.6) is 0 Å². The fraction of sp³-hybridized carbons (Fsp3) is 0.211. The molecular weight excluding hydrogens is 374 g/mol. The molecule has 3 aromatic rings. The summed E-state index contributed by atoms with van der Waals surface area (Å²) in [5.41, 5.74) is -3.34. The number of aryl methyl sites for hydroxylation is 2. The van der Waals surface area contributed by atoms with Crippen LogP contribution in [0.1, 0.15) is 22.5 Å². The van der Waals surface area contributed by atoms with Crippen molar-refractivity contribution in [1.82, 2.24) is 0 Å². The maximum Gasteiger partial charge on any atom is 0.417 e. The molecule has 0 saturated heterocycles. The van der Waals surface area contributed by atoms with Gasteiger partial charge in [-0.1, -0.05) is 12.1 Å². The zero-order chi connectivity index (χ0) is 19.6. The quantitative estimate of drug-likeness (QED) is 0.473. The molecule has 1 aliphatic rings. The van der Waals surface area contributed by atoms with Gasteiger partial charge in [-0.2, -0.15) is 26.3 Å². The summed E-state index contributed by atoms with van der Waals surface area (Å²) in [6.07, 6.45) is -8.97. The lowest BCUT2D eigenvalue weighted by atomic mass is 9.85. The number of benzene rings is 2. The van der Waals surface area contributed by atoms with Crippen molar-refractivity contribution >= 4 is 11.0 Å². The van der Waals surface area contributed by atoms with Crippen molar-refractivity contribution < 1.29 is 30.8 Å². The Morgan fingerprint density at radius 3 is 2.26 bits per heavy atom. The lowest BCUT2D eigenvalue weighted by Gasteiger charge is -2.22. The number of rotatable bonds is 0. The smallest absolute Gasteiger partial charge is 0.417 e. The van der Waals surface area contributed by atoms with Crippen LogP contribution in [0.15, 0.2) is 45.6 Å². The lowest BCUT2D eigenvalue weighted by Crippen LogP contribution is -2.19. The molecule has 0 bridgehead atoms. The Hall–Kier alpha value is -2.77. The summed E-state index contributed by atoms with van der Waals surface area (Å²) in [6.45, 7) is 0. The molecule has 140 valence electrons. The molecule has 27 heavy (non-hydrogen) atoms. The summed E-state index contributed by atoms with van der Waals surface area (Å²) in [5, 5.41) is -0.395. The highest BCUT2D eigenvalue weighted by atomic mass is 19.4. The molecule has 0 saturated carbocycles. The van der Waals surface area contributed by atoms with Gasteiger partial charge in [0.1, 0.15) is 11.3 Å². The number of halogens is 6. The highest BCUT2D eigenvalue weighted by Crippen LogP contribution is 2.42. The fourth-order valence-corrected chi connectivity index (χ4v) is 3.43. The second-order valence-corrected chi connectivity index (χ2v) is 6.28. The van der Waals surface area contributed by atoms with E-state index in [9.17, 15) is 31.1 Å². The predicted octanol–water partition coefficient (Wildman–Crippen LogP) is 5.60. The van der Waals surface area contributed by atoms with Crippen LogP contribution in [0.3, 0.4) is 0 Å². The van der Waals surface area contributed by atoms with Crippen molar-refractivity contribution in [2.75, 3.05) is 0 Å². The van der Waals surface area contributed by atoms with Crippen molar-refractivity contribution in [3.8, 4) is 11.1 Å². The molecule has 0 amide bonds. The molecule has 4 rings (SSSR count). The molecule has 0 radical (unpaired) electrons. The van der Waals surface area contributed by atoms with Gasteiger partial charge in [0.2, 0.25) is 5.43 Å². The third-order valence-electron chi connectivity index (χ3n) is 4.62. The summed E-state index contributed by atoms with van der Waals surface area (Å²) < 4.78 is 84.8. The first-order chi connectivity index (χ1) is 12.6. The minimum atomic E-state index is -4.71. The second-order valence-electron chi connectivity index (χ2n) is 6.28. The SMILES string of the molecule is O=c1c2c(oc3ccc(C(F)(F)F)cc13)CCc1cccc(C(F)(F)F)c1-2. The van der Waals surface area contributed by atoms with Crippen LogP contribution in [-0.2, 0) is 25.2 Å². The van der Waals surface area contributed by atoms with Crippen LogP contribution in [0.25, 0.3) is 22.1 Å². The summed E-state index contributed by atoms with van der Waals surface area (Å²) >= 11 is 0. The Morgan fingerprint density at radius 1 is 0.852 bits per heavy atom. The summed E-state index contributed by atoms with van der Waals surface area (Å²) in [7, 11) is 0. The van der Waals surface area contributed by atoms with Gasteiger partial charge in [0.05, 0.1) is 22.1 Å². The van der Waals surface area contributed by atoms with E-state index in [2.05, 4.69) is 0 Å². The summed E-state index contributed by atoms with van der Waals surface area (Å²) in [5.74, 6) is 0.0523. The molecule has 1 heterocycles. The van der Waals surface area contributed by atoms with Gasteiger partial charge in [0.15, 0.2) is 0 Å². The third-order valence-corrected chi connectivity index (χ3v) is 4.62. The maximum atomic E-state index is 13.5. The van der Waals surface area contributed by atoms with Gasteiger partial charge < -0.3 is 4.42 Å². The molecular formula is C19H10F6O2. The summed E-state index contributed by atoms with van der Waals surface area (Å²) in [6, 6.07) is 5.98. The molecule has 0 aliphatic heterocycles. The van der Waals surface area contributed by atoms with Crippen LogP contribution in [-0.4, -0.2) is 0 Å². The van der Waals surface area contributed by atoms with Gasteiger partial charge in [-0.25, -0.2) is 0 Å². The van der Waals surface area contributed by atoms with E-state index in [0.29, 0.717) is 11.6 Å². The molecule has 0 N–H and O–H groups in total. The van der Waals surface area contributed by atoms with Gasteiger partial charge >= 0.3 is 12.4 Å². The topological polar surface area (TPSA) is 30.2 Å².